The second kappa shape index (κ2) is 16.3. The number of nitrogens with zero attached hydrogens (tertiary/aromatic N) is 2. The maximum Gasteiger partial charge on any atom is 0.243 e. The Labute approximate surface area is 276 Å². The Bertz CT molecular complexity index is 1530. The minimum atomic E-state index is -3.69. The van der Waals surface area contributed by atoms with Crippen molar-refractivity contribution in [2.45, 2.75) is 70.0 Å². The molecule has 2 amide bonds. The molecule has 1 N–H and O–H groups in total. The number of nitrogens with one attached hydrogen (secondary N) is 1. The van der Waals surface area contributed by atoms with Crippen LogP contribution in [0.5, 0.6) is 5.75 Å². The van der Waals surface area contributed by atoms with Crippen LogP contribution in [-0.2, 0) is 32.6 Å². The molecule has 1 fully saturated rings. The van der Waals surface area contributed by atoms with Crippen molar-refractivity contribution in [3.63, 3.8) is 0 Å². The second-order valence-corrected chi connectivity index (χ2v) is 14.1. The molecule has 11 heteroatoms. The summed E-state index contributed by atoms with van der Waals surface area (Å²) >= 11 is 13.1. The summed E-state index contributed by atoms with van der Waals surface area (Å²) < 4.78 is 32.3. The van der Waals surface area contributed by atoms with Crippen LogP contribution in [0.1, 0.15) is 56.1 Å². The third kappa shape index (κ3) is 9.61. The number of halogens is 2. The van der Waals surface area contributed by atoms with Crippen LogP contribution in [0, 0.1) is 0 Å². The number of amides is 2. The number of rotatable bonds is 14. The predicted molar refractivity (Wildman–Crippen MR) is 180 cm³/mol. The van der Waals surface area contributed by atoms with Gasteiger partial charge in [-0.25, -0.2) is 8.42 Å². The molecule has 242 valence electrons. The number of hydrogen-bond acceptors (Lipinski definition) is 5. The first-order valence-corrected chi connectivity index (χ1v) is 17.9. The highest BCUT2D eigenvalue weighted by molar-refractivity contribution is 7.92. The fraction of sp³-hybridized carbons (Fsp3) is 0.412. The normalized spacial score (nSPS) is 14.4. The van der Waals surface area contributed by atoms with Gasteiger partial charge in [-0.15, -0.1) is 0 Å². The molecule has 1 aliphatic carbocycles. The maximum absolute atomic E-state index is 14.2. The fourth-order valence-corrected chi connectivity index (χ4v) is 7.26. The maximum atomic E-state index is 14.2. The monoisotopic (exact) mass is 673 g/mol. The zero-order valence-electron chi connectivity index (χ0n) is 25.8. The van der Waals surface area contributed by atoms with Crippen molar-refractivity contribution in [1.29, 1.82) is 0 Å². The largest absolute Gasteiger partial charge is 0.495 e. The van der Waals surface area contributed by atoms with Crippen molar-refractivity contribution in [3.8, 4) is 5.75 Å². The van der Waals surface area contributed by atoms with Gasteiger partial charge in [0.2, 0.25) is 21.8 Å². The lowest BCUT2D eigenvalue weighted by Crippen LogP contribution is -2.53. The van der Waals surface area contributed by atoms with Gasteiger partial charge in [0, 0.05) is 47.6 Å². The summed E-state index contributed by atoms with van der Waals surface area (Å²) in [5, 5.41) is 4.01. The third-order valence-corrected chi connectivity index (χ3v) is 10.0. The van der Waals surface area contributed by atoms with Crippen molar-refractivity contribution in [2.75, 3.05) is 24.2 Å². The topological polar surface area (TPSA) is 96.0 Å². The van der Waals surface area contributed by atoms with Crippen LogP contribution in [0.3, 0.4) is 0 Å². The van der Waals surface area contributed by atoms with Gasteiger partial charge in [0.25, 0.3) is 0 Å². The Hall–Kier alpha value is -3.27. The van der Waals surface area contributed by atoms with E-state index in [9.17, 15) is 18.0 Å². The number of hydrogen-bond donors (Lipinski definition) is 1. The van der Waals surface area contributed by atoms with Crippen molar-refractivity contribution in [1.82, 2.24) is 10.2 Å². The first-order valence-electron chi connectivity index (χ1n) is 15.3. The van der Waals surface area contributed by atoms with E-state index in [0.717, 1.165) is 43.9 Å². The lowest BCUT2D eigenvalue weighted by molar-refractivity contribution is -0.141. The molecular formula is C34H41Cl2N3O5S. The van der Waals surface area contributed by atoms with Gasteiger partial charge < -0.3 is 15.0 Å². The van der Waals surface area contributed by atoms with Gasteiger partial charge in [0.05, 0.1) is 19.1 Å². The molecule has 0 saturated heterocycles. The molecule has 3 aromatic carbocycles. The number of anilines is 1. The first kappa shape index (κ1) is 34.6. The molecular weight excluding hydrogens is 633 g/mol. The van der Waals surface area contributed by atoms with Gasteiger partial charge in [0.15, 0.2) is 0 Å². The second-order valence-electron chi connectivity index (χ2n) is 11.4. The van der Waals surface area contributed by atoms with Crippen LogP contribution in [0.4, 0.5) is 5.69 Å². The Kier molecular flexibility index (Phi) is 12.6. The first-order chi connectivity index (χ1) is 21.6. The van der Waals surface area contributed by atoms with E-state index >= 15 is 0 Å². The van der Waals surface area contributed by atoms with E-state index in [4.69, 9.17) is 27.9 Å². The van der Waals surface area contributed by atoms with E-state index in [1.807, 2.05) is 30.3 Å². The molecule has 0 aromatic heterocycles. The fourth-order valence-electron chi connectivity index (χ4n) is 5.77. The number of benzene rings is 3. The molecule has 0 bridgehead atoms. The molecule has 0 radical (unpaired) electrons. The van der Waals surface area contributed by atoms with Crippen molar-refractivity contribution < 1.29 is 22.7 Å². The molecule has 0 heterocycles. The predicted octanol–water partition coefficient (Wildman–Crippen LogP) is 6.64. The zero-order valence-corrected chi connectivity index (χ0v) is 28.1. The summed E-state index contributed by atoms with van der Waals surface area (Å²) in [6.45, 7) is 0.0679. The van der Waals surface area contributed by atoms with E-state index in [1.165, 1.54) is 11.4 Å². The Morgan fingerprint density at radius 1 is 0.933 bits per heavy atom. The number of carbonyl (C=O) groups is 2. The Morgan fingerprint density at radius 3 is 2.22 bits per heavy atom. The summed E-state index contributed by atoms with van der Waals surface area (Å²) in [7, 11) is -2.21. The number of para-hydroxylation sites is 2. The summed E-state index contributed by atoms with van der Waals surface area (Å²) in [4.78, 5) is 29.7. The molecule has 0 spiro atoms. The smallest absolute Gasteiger partial charge is 0.243 e. The van der Waals surface area contributed by atoms with E-state index in [2.05, 4.69) is 5.32 Å². The number of methoxy groups -OCH3 is 1. The van der Waals surface area contributed by atoms with Gasteiger partial charge in [-0.3, -0.25) is 13.9 Å². The van der Waals surface area contributed by atoms with Gasteiger partial charge in [-0.05, 0) is 49.1 Å². The Balaban J connectivity index is 1.63. The number of ether oxygens (including phenoxy) is 1. The van der Waals surface area contributed by atoms with Crippen molar-refractivity contribution >= 4 is 50.7 Å². The molecule has 8 nitrogen and oxygen atoms in total. The van der Waals surface area contributed by atoms with Gasteiger partial charge in [0.1, 0.15) is 11.8 Å². The molecule has 1 atom stereocenters. The van der Waals surface area contributed by atoms with Crippen LogP contribution >= 0.6 is 23.2 Å². The highest BCUT2D eigenvalue weighted by Gasteiger charge is 2.33. The SMILES string of the molecule is COc1ccccc1N(CCCC(=O)N(Cc1c(Cl)cccc1Cl)C(Cc1ccccc1)C(=O)NC1CCCCC1)S(C)(=O)=O. The third-order valence-electron chi connectivity index (χ3n) is 8.12. The van der Waals surface area contributed by atoms with E-state index < -0.39 is 16.1 Å². The molecule has 0 aliphatic heterocycles. The lowest BCUT2D eigenvalue weighted by atomic mass is 9.94. The summed E-state index contributed by atoms with van der Waals surface area (Å²) in [6, 6.07) is 20.8. The van der Waals surface area contributed by atoms with E-state index in [-0.39, 0.29) is 43.8 Å². The minimum Gasteiger partial charge on any atom is -0.495 e. The van der Waals surface area contributed by atoms with E-state index in [0.29, 0.717) is 33.5 Å². The molecule has 1 unspecified atom stereocenters. The summed E-state index contributed by atoms with van der Waals surface area (Å²) in [6.07, 6.45) is 6.67. The van der Waals surface area contributed by atoms with Crippen molar-refractivity contribution in [3.05, 3.63) is 94.0 Å². The summed E-state index contributed by atoms with van der Waals surface area (Å²) in [5.41, 5.74) is 1.84. The van der Waals surface area contributed by atoms with Gasteiger partial charge >= 0.3 is 0 Å². The Morgan fingerprint density at radius 2 is 1.58 bits per heavy atom. The number of carbonyl (C=O) groups excluding carboxylic acids is 2. The average Bonchev–Trinajstić information content (AvgIpc) is 3.02. The van der Waals surface area contributed by atoms with Crippen LogP contribution < -0.4 is 14.4 Å². The molecule has 1 aliphatic rings. The van der Waals surface area contributed by atoms with Crippen LogP contribution in [0.25, 0.3) is 0 Å². The summed E-state index contributed by atoms with van der Waals surface area (Å²) in [5.74, 6) is -0.125. The van der Waals surface area contributed by atoms with Gasteiger partial charge in [-0.1, -0.05) is 91.0 Å². The quantitative estimate of drug-likeness (QED) is 0.207. The number of sulfonamides is 1. The standard InChI is InChI=1S/C34H41Cl2N3O5S/c1-44-32-20-10-9-19-30(32)39(45(2,42)43)22-12-21-33(40)38(24-27-28(35)17-11-18-29(27)36)31(23-25-13-5-3-6-14-25)34(41)37-26-15-7-4-8-16-26/h3,5-6,9-11,13-14,17-20,26,31H,4,7-8,12,15-16,21-24H2,1-2H3,(H,37,41). The molecule has 1 saturated carbocycles. The van der Waals surface area contributed by atoms with Gasteiger partial charge in [-0.2, -0.15) is 0 Å². The van der Waals surface area contributed by atoms with Crippen molar-refractivity contribution in [2.24, 2.45) is 0 Å². The average molecular weight is 675 g/mol. The van der Waals surface area contributed by atoms with E-state index in [1.54, 1.807) is 47.4 Å². The lowest BCUT2D eigenvalue weighted by Gasteiger charge is -2.34. The molecule has 3 aromatic rings. The van der Waals surface area contributed by atoms with Crippen LogP contribution in [0.2, 0.25) is 10.0 Å². The highest BCUT2D eigenvalue weighted by atomic mass is 35.5. The molecule has 45 heavy (non-hydrogen) atoms. The highest BCUT2D eigenvalue weighted by Crippen LogP contribution is 2.31. The minimum absolute atomic E-state index is 0.00869. The molecule has 4 rings (SSSR count). The van der Waals surface area contributed by atoms with Crippen LogP contribution in [0.15, 0.2) is 72.8 Å². The van der Waals surface area contributed by atoms with Crippen LogP contribution in [-0.4, -0.2) is 57.1 Å². The zero-order chi connectivity index (χ0) is 32.4.